The Kier molecular flexibility index (Phi) is 6.68. The van der Waals surface area contributed by atoms with Crippen LogP contribution in [0, 0.1) is 0 Å². The van der Waals surface area contributed by atoms with E-state index in [-0.39, 0.29) is 18.6 Å². The molecule has 0 bridgehead atoms. The average molecular weight is 293 g/mol. The van der Waals surface area contributed by atoms with Crippen molar-refractivity contribution in [2.45, 2.75) is 18.9 Å². The first kappa shape index (κ1) is 17.0. The van der Waals surface area contributed by atoms with Gasteiger partial charge in [-0.1, -0.05) is 30.3 Å². The van der Waals surface area contributed by atoms with Gasteiger partial charge < -0.3 is 20.6 Å². The van der Waals surface area contributed by atoms with E-state index in [1.807, 2.05) is 32.0 Å². The number of aliphatic carboxylic acids is 1. The highest BCUT2D eigenvalue weighted by molar-refractivity contribution is 5.79. The van der Waals surface area contributed by atoms with Crippen LogP contribution in [0.15, 0.2) is 30.3 Å². The molecule has 0 fully saturated rings. The smallest absolute Gasteiger partial charge is 0.315 e. The van der Waals surface area contributed by atoms with Gasteiger partial charge in [0.2, 0.25) is 0 Å². The first-order valence-corrected chi connectivity index (χ1v) is 6.87. The molecule has 116 valence electrons. The maximum absolute atomic E-state index is 11.8. The Morgan fingerprint density at radius 2 is 1.86 bits per heavy atom. The number of carboxylic acids is 1. The normalized spacial score (nSPS) is 13.5. The summed E-state index contributed by atoms with van der Waals surface area (Å²) in [6.07, 6.45) is 0. The molecule has 0 aliphatic heterocycles. The van der Waals surface area contributed by atoms with Gasteiger partial charge in [0.1, 0.15) is 0 Å². The fourth-order valence-corrected chi connectivity index (χ4v) is 2.10. The molecule has 0 heterocycles. The zero-order chi connectivity index (χ0) is 15.8. The molecule has 2 amide bonds. The Hall–Kier alpha value is -2.08. The number of nitrogens with zero attached hydrogens (tertiary/aromatic N) is 1. The molecular weight excluding hydrogens is 270 g/mol. The van der Waals surface area contributed by atoms with Crippen LogP contribution in [0.3, 0.4) is 0 Å². The Morgan fingerprint density at radius 1 is 1.24 bits per heavy atom. The predicted molar refractivity (Wildman–Crippen MR) is 81.4 cm³/mol. The van der Waals surface area contributed by atoms with E-state index in [1.165, 1.54) is 0 Å². The number of carbonyl (C=O) groups is 2. The lowest BCUT2D eigenvalue weighted by atomic mass is 9.99. The molecular formula is C15H23N3O3. The molecule has 1 rings (SSSR count). The van der Waals surface area contributed by atoms with Gasteiger partial charge in [-0.25, -0.2) is 4.79 Å². The van der Waals surface area contributed by atoms with E-state index < -0.39 is 11.9 Å². The number of likely N-dealkylation sites (N-methyl/N-ethyl adjacent to an activating group) is 1. The quantitative estimate of drug-likeness (QED) is 0.703. The number of benzene rings is 1. The van der Waals surface area contributed by atoms with Crippen LogP contribution in [0.25, 0.3) is 0 Å². The minimum absolute atomic E-state index is 0.0139. The summed E-state index contributed by atoms with van der Waals surface area (Å²) in [5, 5.41) is 14.7. The number of hydrogen-bond donors (Lipinski definition) is 3. The Morgan fingerprint density at radius 3 is 2.38 bits per heavy atom. The van der Waals surface area contributed by atoms with Gasteiger partial charge in [0.05, 0.1) is 5.92 Å². The van der Waals surface area contributed by atoms with Crippen molar-refractivity contribution < 1.29 is 14.7 Å². The largest absolute Gasteiger partial charge is 0.481 e. The number of carbonyl (C=O) groups excluding carboxylic acids is 1. The van der Waals surface area contributed by atoms with Gasteiger partial charge in [-0.15, -0.1) is 0 Å². The summed E-state index contributed by atoms with van der Waals surface area (Å²) in [5.74, 6) is -1.70. The van der Waals surface area contributed by atoms with E-state index >= 15 is 0 Å². The van der Waals surface area contributed by atoms with Crippen LogP contribution in [0.4, 0.5) is 4.79 Å². The Balaban J connectivity index is 2.51. The molecule has 0 aliphatic carbocycles. The molecule has 2 unspecified atom stereocenters. The fourth-order valence-electron chi connectivity index (χ4n) is 2.10. The van der Waals surface area contributed by atoms with Crippen molar-refractivity contribution in [2.24, 2.45) is 0 Å². The summed E-state index contributed by atoms with van der Waals surface area (Å²) in [7, 11) is 3.85. The van der Waals surface area contributed by atoms with Crippen LogP contribution in [-0.4, -0.2) is 55.2 Å². The Bertz CT molecular complexity index is 462. The van der Waals surface area contributed by atoms with Crippen molar-refractivity contribution in [1.29, 1.82) is 0 Å². The number of rotatable bonds is 7. The summed E-state index contributed by atoms with van der Waals surface area (Å²) in [6, 6.07) is 8.51. The second-order valence-electron chi connectivity index (χ2n) is 5.32. The lowest BCUT2D eigenvalue weighted by molar-refractivity contribution is -0.138. The third kappa shape index (κ3) is 6.27. The van der Waals surface area contributed by atoms with Gasteiger partial charge in [0, 0.05) is 19.1 Å². The van der Waals surface area contributed by atoms with Gasteiger partial charge in [-0.3, -0.25) is 4.79 Å². The third-order valence-electron chi connectivity index (χ3n) is 2.98. The molecule has 0 radical (unpaired) electrons. The fraction of sp³-hybridized carbons (Fsp3) is 0.467. The van der Waals surface area contributed by atoms with Crippen LogP contribution in [0.1, 0.15) is 18.4 Å². The zero-order valence-corrected chi connectivity index (χ0v) is 12.7. The highest BCUT2D eigenvalue weighted by Crippen LogP contribution is 2.14. The summed E-state index contributed by atoms with van der Waals surface area (Å²) < 4.78 is 0. The van der Waals surface area contributed by atoms with E-state index in [4.69, 9.17) is 0 Å². The number of hydrogen-bond acceptors (Lipinski definition) is 3. The van der Waals surface area contributed by atoms with E-state index in [9.17, 15) is 14.7 Å². The lowest BCUT2D eigenvalue weighted by Gasteiger charge is -2.19. The van der Waals surface area contributed by atoms with Crippen molar-refractivity contribution >= 4 is 12.0 Å². The maximum Gasteiger partial charge on any atom is 0.315 e. The van der Waals surface area contributed by atoms with Crippen molar-refractivity contribution in [3.8, 4) is 0 Å². The molecule has 0 saturated carbocycles. The van der Waals surface area contributed by atoms with Crippen LogP contribution in [0.2, 0.25) is 0 Å². The molecule has 0 saturated heterocycles. The monoisotopic (exact) mass is 293 g/mol. The lowest BCUT2D eigenvalue weighted by Crippen LogP contribution is -2.46. The van der Waals surface area contributed by atoms with Crippen molar-refractivity contribution in [3.63, 3.8) is 0 Å². The van der Waals surface area contributed by atoms with Crippen LogP contribution in [-0.2, 0) is 4.79 Å². The summed E-state index contributed by atoms with van der Waals surface area (Å²) in [5.41, 5.74) is 0.673. The minimum Gasteiger partial charge on any atom is -0.481 e. The highest BCUT2D eigenvalue weighted by Gasteiger charge is 2.20. The van der Waals surface area contributed by atoms with E-state index in [1.54, 1.807) is 24.3 Å². The topological polar surface area (TPSA) is 81.7 Å². The van der Waals surface area contributed by atoms with E-state index in [0.29, 0.717) is 12.1 Å². The molecule has 2 atom stereocenters. The van der Waals surface area contributed by atoms with Crippen molar-refractivity contribution in [2.75, 3.05) is 27.2 Å². The first-order chi connectivity index (χ1) is 9.90. The molecule has 21 heavy (non-hydrogen) atoms. The molecule has 6 heteroatoms. The second-order valence-corrected chi connectivity index (χ2v) is 5.32. The first-order valence-electron chi connectivity index (χ1n) is 6.87. The molecule has 0 aliphatic rings. The van der Waals surface area contributed by atoms with Gasteiger partial charge >= 0.3 is 12.0 Å². The molecule has 3 N–H and O–H groups in total. The molecule has 0 aromatic heterocycles. The number of carboxylic acid groups (broad SMARTS) is 1. The van der Waals surface area contributed by atoms with Crippen molar-refractivity contribution in [1.82, 2.24) is 15.5 Å². The third-order valence-corrected chi connectivity index (χ3v) is 2.98. The van der Waals surface area contributed by atoms with E-state index in [2.05, 4.69) is 10.6 Å². The van der Waals surface area contributed by atoms with Gasteiger partial charge in [0.15, 0.2) is 0 Å². The van der Waals surface area contributed by atoms with Gasteiger partial charge in [0.25, 0.3) is 0 Å². The van der Waals surface area contributed by atoms with Crippen LogP contribution >= 0.6 is 0 Å². The molecule has 1 aromatic rings. The second kappa shape index (κ2) is 8.26. The zero-order valence-electron chi connectivity index (χ0n) is 12.7. The number of urea groups is 1. The van der Waals surface area contributed by atoms with Gasteiger partial charge in [-0.05, 0) is 26.6 Å². The SMILES string of the molecule is CC(CN(C)C)NC(=O)NCC(C(=O)O)c1ccccc1. The summed E-state index contributed by atoms with van der Waals surface area (Å²) in [4.78, 5) is 25.0. The molecule has 0 spiro atoms. The molecule has 6 nitrogen and oxygen atoms in total. The van der Waals surface area contributed by atoms with Gasteiger partial charge in [-0.2, -0.15) is 0 Å². The minimum atomic E-state index is -0.956. The van der Waals surface area contributed by atoms with E-state index in [0.717, 1.165) is 0 Å². The predicted octanol–water partition coefficient (Wildman–Crippen LogP) is 1.10. The summed E-state index contributed by atoms with van der Waals surface area (Å²) in [6.45, 7) is 2.67. The molecule has 1 aromatic carbocycles. The Labute approximate surface area is 125 Å². The van der Waals surface area contributed by atoms with Crippen molar-refractivity contribution in [3.05, 3.63) is 35.9 Å². The highest BCUT2D eigenvalue weighted by atomic mass is 16.4. The average Bonchev–Trinajstić information content (AvgIpc) is 2.38. The standard InChI is InChI=1S/C15H23N3O3/c1-11(10-18(2)3)17-15(21)16-9-13(14(19)20)12-7-5-4-6-8-12/h4-8,11,13H,9-10H2,1-3H3,(H,19,20)(H2,16,17,21). The van der Waals surface area contributed by atoms with Crippen LogP contribution < -0.4 is 10.6 Å². The van der Waals surface area contributed by atoms with Crippen LogP contribution in [0.5, 0.6) is 0 Å². The summed E-state index contributed by atoms with van der Waals surface area (Å²) >= 11 is 0. The number of amides is 2. The maximum atomic E-state index is 11.8. The number of nitrogens with one attached hydrogen (secondary N) is 2.